The first-order valence-electron chi connectivity index (χ1n) is 3.30. The maximum atomic E-state index is 8.61. The average Bonchev–Trinajstić information content (AvgIpc) is 2.44. The highest BCUT2D eigenvalue weighted by molar-refractivity contribution is 5.91. The van der Waals surface area contributed by atoms with Gasteiger partial charge in [0.05, 0.1) is 11.1 Å². The number of anilines is 1. The largest absolute Gasteiger partial charge is 0.396 e. The lowest BCUT2D eigenvalue weighted by atomic mass is 10.3. The van der Waals surface area contributed by atoms with Crippen LogP contribution in [0.15, 0.2) is 12.5 Å². The standard InChI is InChI=1S/C7H5N5/c8-1-5-6(9)4-2-10-3-11-7(4)12-5/h2-3H,9H2,(H,10,11,12). The number of H-pyrrole nitrogens is 1. The lowest BCUT2D eigenvalue weighted by Gasteiger charge is -1.86. The summed E-state index contributed by atoms with van der Waals surface area (Å²) in [6.07, 6.45) is 2.98. The molecule has 5 nitrogen and oxygen atoms in total. The quantitative estimate of drug-likeness (QED) is 0.582. The minimum atomic E-state index is 0.338. The Bertz CT molecular complexity index is 464. The molecule has 0 unspecified atom stereocenters. The van der Waals surface area contributed by atoms with Crippen LogP contribution >= 0.6 is 0 Å². The Balaban J connectivity index is 2.90. The lowest BCUT2D eigenvalue weighted by Crippen LogP contribution is -1.85. The van der Waals surface area contributed by atoms with Gasteiger partial charge in [0.15, 0.2) is 0 Å². The zero-order valence-corrected chi connectivity index (χ0v) is 6.07. The van der Waals surface area contributed by atoms with Crippen LogP contribution in [0.4, 0.5) is 5.69 Å². The monoisotopic (exact) mass is 159 g/mol. The van der Waals surface area contributed by atoms with Crippen LogP contribution in [0, 0.1) is 11.3 Å². The van der Waals surface area contributed by atoms with Gasteiger partial charge in [-0.05, 0) is 0 Å². The summed E-state index contributed by atoms with van der Waals surface area (Å²) in [6, 6.07) is 1.94. The van der Waals surface area contributed by atoms with E-state index in [9.17, 15) is 0 Å². The summed E-state index contributed by atoms with van der Waals surface area (Å²) in [4.78, 5) is 10.5. The summed E-state index contributed by atoms with van der Waals surface area (Å²) in [6.45, 7) is 0. The average molecular weight is 159 g/mol. The molecule has 0 aliphatic rings. The second-order valence-corrected chi connectivity index (χ2v) is 2.31. The normalized spacial score (nSPS) is 9.92. The van der Waals surface area contributed by atoms with Gasteiger partial charge in [-0.1, -0.05) is 0 Å². The van der Waals surface area contributed by atoms with Crippen molar-refractivity contribution in [2.75, 3.05) is 5.73 Å². The second kappa shape index (κ2) is 2.20. The fraction of sp³-hybridized carbons (Fsp3) is 0. The minimum absolute atomic E-state index is 0.338. The molecular weight excluding hydrogens is 154 g/mol. The fourth-order valence-corrected chi connectivity index (χ4v) is 1.03. The van der Waals surface area contributed by atoms with Crippen LogP contribution in [0.1, 0.15) is 5.69 Å². The van der Waals surface area contributed by atoms with Crippen LogP contribution in [0.2, 0.25) is 0 Å². The van der Waals surface area contributed by atoms with E-state index in [-0.39, 0.29) is 0 Å². The summed E-state index contributed by atoms with van der Waals surface area (Å²) in [5.41, 5.74) is 6.96. The number of aromatic amines is 1. The molecule has 0 fully saturated rings. The van der Waals surface area contributed by atoms with Crippen molar-refractivity contribution < 1.29 is 0 Å². The number of hydrogen-bond acceptors (Lipinski definition) is 4. The van der Waals surface area contributed by atoms with Crippen molar-refractivity contribution in [1.29, 1.82) is 5.26 Å². The van der Waals surface area contributed by atoms with E-state index in [1.807, 2.05) is 6.07 Å². The van der Waals surface area contributed by atoms with Crippen molar-refractivity contribution in [2.24, 2.45) is 0 Å². The third-order valence-corrected chi connectivity index (χ3v) is 1.63. The smallest absolute Gasteiger partial charge is 0.143 e. The molecule has 2 heterocycles. The Morgan fingerprint density at radius 3 is 3.08 bits per heavy atom. The zero-order chi connectivity index (χ0) is 8.55. The number of nitrogens with zero attached hydrogens (tertiary/aromatic N) is 3. The summed E-state index contributed by atoms with van der Waals surface area (Å²) in [5, 5.41) is 9.30. The zero-order valence-electron chi connectivity index (χ0n) is 6.07. The molecule has 12 heavy (non-hydrogen) atoms. The Morgan fingerprint density at radius 2 is 2.42 bits per heavy atom. The molecule has 0 spiro atoms. The number of hydrogen-bond donors (Lipinski definition) is 2. The van der Waals surface area contributed by atoms with Crippen LogP contribution < -0.4 is 5.73 Å². The first-order chi connectivity index (χ1) is 5.83. The highest BCUT2D eigenvalue weighted by Gasteiger charge is 2.07. The lowest BCUT2D eigenvalue weighted by molar-refractivity contribution is 1.20. The SMILES string of the molecule is N#Cc1[nH]c2ncncc2c1N. The van der Waals surface area contributed by atoms with E-state index in [1.54, 1.807) is 6.20 Å². The molecule has 0 saturated heterocycles. The van der Waals surface area contributed by atoms with E-state index in [0.717, 1.165) is 0 Å². The molecule has 0 aliphatic heterocycles. The van der Waals surface area contributed by atoms with Crippen molar-refractivity contribution in [3.63, 3.8) is 0 Å². The Labute approximate surface area is 67.9 Å². The molecule has 58 valence electrons. The van der Waals surface area contributed by atoms with E-state index in [0.29, 0.717) is 22.4 Å². The Morgan fingerprint density at radius 1 is 1.58 bits per heavy atom. The van der Waals surface area contributed by atoms with Crippen molar-refractivity contribution >= 4 is 16.7 Å². The first kappa shape index (κ1) is 6.61. The summed E-state index contributed by atoms with van der Waals surface area (Å²) >= 11 is 0. The number of nitrogen functional groups attached to an aromatic ring is 1. The molecule has 2 aromatic heterocycles. The van der Waals surface area contributed by atoms with Gasteiger partial charge in [-0.25, -0.2) is 9.97 Å². The molecule has 0 saturated carbocycles. The molecule has 0 aliphatic carbocycles. The molecule has 2 rings (SSSR count). The number of aromatic nitrogens is 3. The topological polar surface area (TPSA) is 91.4 Å². The van der Waals surface area contributed by atoms with Crippen molar-refractivity contribution in [3.05, 3.63) is 18.2 Å². The van der Waals surface area contributed by atoms with Crippen molar-refractivity contribution in [2.45, 2.75) is 0 Å². The molecule has 5 heteroatoms. The summed E-state index contributed by atoms with van der Waals surface area (Å²) in [7, 11) is 0. The summed E-state index contributed by atoms with van der Waals surface area (Å²) in [5.74, 6) is 0. The van der Waals surface area contributed by atoms with E-state index < -0.39 is 0 Å². The number of rotatable bonds is 0. The van der Waals surface area contributed by atoms with E-state index in [4.69, 9.17) is 11.0 Å². The van der Waals surface area contributed by atoms with Crippen molar-refractivity contribution in [3.8, 4) is 6.07 Å². The van der Waals surface area contributed by atoms with Gasteiger partial charge < -0.3 is 10.7 Å². The van der Waals surface area contributed by atoms with E-state index in [2.05, 4.69) is 15.0 Å². The van der Waals surface area contributed by atoms with Gasteiger partial charge in [0.2, 0.25) is 0 Å². The van der Waals surface area contributed by atoms with Gasteiger partial charge in [-0.2, -0.15) is 5.26 Å². The van der Waals surface area contributed by atoms with Gasteiger partial charge in [-0.15, -0.1) is 0 Å². The number of nitrogens with two attached hydrogens (primary N) is 1. The van der Waals surface area contributed by atoms with Gasteiger partial charge in [-0.3, -0.25) is 0 Å². The third-order valence-electron chi connectivity index (χ3n) is 1.63. The molecule has 0 bridgehead atoms. The molecule has 0 amide bonds. The highest BCUT2D eigenvalue weighted by atomic mass is 14.9. The maximum absolute atomic E-state index is 8.61. The van der Waals surface area contributed by atoms with Crippen LogP contribution in [-0.4, -0.2) is 15.0 Å². The highest BCUT2D eigenvalue weighted by Crippen LogP contribution is 2.20. The molecular formula is C7H5N5. The second-order valence-electron chi connectivity index (χ2n) is 2.31. The van der Waals surface area contributed by atoms with E-state index in [1.165, 1.54) is 6.33 Å². The number of fused-ring (bicyclic) bond motifs is 1. The molecule has 3 N–H and O–H groups in total. The minimum Gasteiger partial charge on any atom is -0.396 e. The Hall–Kier alpha value is -2.09. The maximum Gasteiger partial charge on any atom is 0.143 e. The van der Waals surface area contributed by atoms with Crippen LogP contribution in [0.25, 0.3) is 11.0 Å². The summed E-state index contributed by atoms with van der Waals surface area (Å²) < 4.78 is 0. The van der Waals surface area contributed by atoms with Gasteiger partial charge in [0, 0.05) is 6.20 Å². The third kappa shape index (κ3) is 0.720. The van der Waals surface area contributed by atoms with Crippen LogP contribution in [0.3, 0.4) is 0 Å². The van der Waals surface area contributed by atoms with Gasteiger partial charge in [0.1, 0.15) is 23.7 Å². The van der Waals surface area contributed by atoms with Crippen LogP contribution in [0.5, 0.6) is 0 Å². The Kier molecular flexibility index (Phi) is 1.21. The molecule has 0 atom stereocenters. The van der Waals surface area contributed by atoms with Gasteiger partial charge in [0.25, 0.3) is 0 Å². The van der Waals surface area contributed by atoms with Gasteiger partial charge >= 0.3 is 0 Å². The molecule has 2 aromatic rings. The predicted molar refractivity (Wildman–Crippen MR) is 43.0 cm³/mol. The fourth-order valence-electron chi connectivity index (χ4n) is 1.03. The number of nitriles is 1. The van der Waals surface area contributed by atoms with Crippen molar-refractivity contribution in [1.82, 2.24) is 15.0 Å². The van der Waals surface area contributed by atoms with Crippen LogP contribution in [-0.2, 0) is 0 Å². The predicted octanol–water partition coefficient (Wildman–Crippen LogP) is 0.412. The number of nitrogens with one attached hydrogen (secondary N) is 1. The molecule has 0 radical (unpaired) electrons. The molecule has 0 aromatic carbocycles. The first-order valence-corrected chi connectivity index (χ1v) is 3.30. The van der Waals surface area contributed by atoms with E-state index >= 15 is 0 Å².